The molecule has 2 N–H and O–H groups in total. The first-order valence-electron chi connectivity index (χ1n) is 4.18. The summed E-state index contributed by atoms with van der Waals surface area (Å²) in [5.74, 6) is -1.81. The Balaban J connectivity index is 3.51. The van der Waals surface area contributed by atoms with E-state index in [0.717, 1.165) is 19.2 Å². The summed E-state index contributed by atoms with van der Waals surface area (Å²) >= 11 is 0. The molecule has 0 aromatic heterocycles. The summed E-state index contributed by atoms with van der Waals surface area (Å²) in [6.45, 7) is 1.38. The molecule has 0 spiro atoms. The molecule has 0 bridgehead atoms. The number of halogens is 1. The van der Waals surface area contributed by atoms with Crippen molar-refractivity contribution >= 4 is 16.0 Å². The highest BCUT2D eigenvalue weighted by Gasteiger charge is 2.19. The van der Waals surface area contributed by atoms with Crippen LogP contribution in [0.3, 0.4) is 0 Å². The molecule has 1 aromatic rings. The second-order valence-corrected chi connectivity index (χ2v) is 4.66. The van der Waals surface area contributed by atoms with Gasteiger partial charge in [-0.3, -0.25) is 0 Å². The van der Waals surface area contributed by atoms with E-state index in [1.54, 1.807) is 0 Å². The van der Waals surface area contributed by atoms with E-state index >= 15 is 0 Å². The van der Waals surface area contributed by atoms with E-state index in [0.29, 0.717) is 0 Å². The number of carbonyl (C=O) groups is 1. The van der Waals surface area contributed by atoms with Crippen LogP contribution in [-0.4, -0.2) is 21.5 Å². The van der Waals surface area contributed by atoms with Crippen LogP contribution in [0.25, 0.3) is 0 Å². The molecule has 0 aliphatic heterocycles. The first-order chi connectivity index (χ1) is 7.27. The summed E-state index contributed by atoms with van der Waals surface area (Å²) in [5.41, 5.74) is -0.329. The Morgan fingerprint density at radius 3 is 2.44 bits per heavy atom. The fraction of sp³-hybridized carbons (Fsp3) is 0.222. The molecule has 5 nitrogen and oxygen atoms in total. The van der Waals surface area contributed by atoms with E-state index in [-0.39, 0.29) is 10.5 Å². The third-order valence-electron chi connectivity index (χ3n) is 1.98. The van der Waals surface area contributed by atoms with Crippen LogP contribution in [0.5, 0.6) is 0 Å². The Morgan fingerprint density at radius 2 is 2.00 bits per heavy atom. The van der Waals surface area contributed by atoms with Crippen molar-refractivity contribution in [1.29, 1.82) is 0 Å². The van der Waals surface area contributed by atoms with E-state index in [4.69, 9.17) is 5.14 Å². The number of methoxy groups -OCH3 is 1. The molecule has 0 radical (unpaired) electrons. The largest absolute Gasteiger partial charge is 0.465 e. The van der Waals surface area contributed by atoms with Crippen LogP contribution >= 0.6 is 0 Å². The second kappa shape index (κ2) is 4.18. The van der Waals surface area contributed by atoms with Crippen LogP contribution in [0.2, 0.25) is 0 Å². The van der Waals surface area contributed by atoms with Crippen LogP contribution < -0.4 is 5.14 Å². The Bertz CT molecular complexity index is 539. The number of aryl methyl sites for hydroxylation is 1. The number of hydrogen-bond donors (Lipinski definition) is 1. The van der Waals surface area contributed by atoms with Gasteiger partial charge in [0.25, 0.3) is 0 Å². The fourth-order valence-corrected chi connectivity index (χ4v) is 2.02. The van der Waals surface area contributed by atoms with Gasteiger partial charge in [-0.1, -0.05) is 0 Å². The number of benzene rings is 1. The molecule has 0 aliphatic carbocycles. The zero-order valence-electron chi connectivity index (χ0n) is 8.65. The molecule has 16 heavy (non-hydrogen) atoms. The van der Waals surface area contributed by atoms with Gasteiger partial charge in [0.15, 0.2) is 0 Å². The van der Waals surface area contributed by atoms with Crippen LogP contribution in [0, 0.1) is 12.7 Å². The van der Waals surface area contributed by atoms with Crippen molar-refractivity contribution in [2.24, 2.45) is 5.14 Å². The van der Waals surface area contributed by atoms with E-state index < -0.39 is 27.4 Å². The van der Waals surface area contributed by atoms with Crippen molar-refractivity contribution in [3.05, 3.63) is 29.1 Å². The maximum atomic E-state index is 13.3. The molecule has 0 heterocycles. The number of esters is 1. The third kappa shape index (κ3) is 2.37. The van der Waals surface area contributed by atoms with Gasteiger partial charge < -0.3 is 4.74 Å². The number of primary sulfonamides is 1. The lowest BCUT2D eigenvalue weighted by Gasteiger charge is -2.07. The lowest BCUT2D eigenvalue weighted by Crippen LogP contribution is -2.16. The SMILES string of the molecule is COC(=O)c1cc(S(N)(=O)=O)c(C)cc1F. The molecule has 7 heteroatoms. The molecule has 1 rings (SSSR count). The molecule has 0 aliphatic rings. The Morgan fingerprint density at radius 1 is 1.44 bits per heavy atom. The van der Waals surface area contributed by atoms with Gasteiger partial charge in [0.05, 0.1) is 17.6 Å². The molecular weight excluding hydrogens is 237 g/mol. The van der Waals surface area contributed by atoms with Gasteiger partial charge in [-0.2, -0.15) is 0 Å². The van der Waals surface area contributed by atoms with Crippen molar-refractivity contribution in [3.8, 4) is 0 Å². The van der Waals surface area contributed by atoms with E-state index in [1.165, 1.54) is 6.92 Å². The van der Waals surface area contributed by atoms with Crippen molar-refractivity contribution < 1.29 is 22.3 Å². The summed E-state index contributed by atoms with van der Waals surface area (Å²) in [5, 5.41) is 4.92. The number of sulfonamides is 1. The second-order valence-electron chi connectivity index (χ2n) is 3.13. The molecule has 0 fully saturated rings. The third-order valence-corrected chi connectivity index (χ3v) is 3.03. The maximum Gasteiger partial charge on any atom is 0.340 e. The van der Waals surface area contributed by atoms with Crippen molar-refractivity contribution in [1.82, 2.24) is 0 Å². The summed E-state index contributed by atoms with van der Waals surface area (Å²) in [6, 6.07) is 1.79. The van der Waals surface area contributed by atoms with E-state index in [2.05, 4.69) is 4.74 Å². The number of carbonyl (C=O) groups excluding carboxylic acids is 1. The standard InChI is InChI=1S/C9H10FNO4S/c1-5-3-7(10)6(9(12)15-2)4-8(5)16(11,13)14/h3-4H,1-2H3,(H2,11,13,14). The minimum Gasteiger partial charge on any atom is -0.465 e. The quantitative estimate of drug-likeness (QED) is 0.774. The lowest BCUT2D eigenvalue weighted by molar-refractivity contribution is 0.0595. The summed E-state index contributed by atoms with van der Waals surface area (Å²) in [6.07, 6.45) is 0. The monoisotopic (exact) mass is 247 g/mol. The molecule has 0 unspecified atom stereocenters. The number of hydrogen-bond acceptors (Lipinski definition) is 4. The fourth-order valence-electron chi connectivity index (χ4n) is 1.23. The van der Waals surface area contributed by atoms with Gasteiger partial charge in [0.2, 0.25) is 10.0 Å². The zero-order valence-corrected chi connectivity index (χ0v) is 9.47. The Kier molecular flexibility index (Phi) is 3.30. The summed E-state index contributed by atoms with van der Waals surface area (Å²) in [7, 11) is -2.92. The highest BCUT2D eigenvalue weighted by Crippen LogP contribution is 2.19. The van der Waals surface area contributed by atoms with Crippen molar-refractivity contribution in [3.63, 3.8) is 0 Å². The smallest absolute Gasteiger partial charge is 0.340 e. The molecule has 0 atom stereocenters. The zero-order chi connectivity index (χ0) is 12.5. The van der Waals surface area contributed by atoms with Gasteiger partial charge in [-0.05, 0) is 24.6 Å². The molecule has 0 amide bonds. The first-order valence-corrected chi connectivity index (χ1v) is 5.73. The highest BCUT2D eigenvalue weighted by molar-refractivity contribution is 7.89. The van der Waals surface area contributed by atoms with Gasteiger partial charge in [-0.15, -0.1) is 0 Å². The summed E-state index contributed by atoms with van der Waals surface area (Å²) < 4.78 is 39.9. The van der Waals surface area contributed by atoms with Gasteiger partial charge >= 0.3 is 5.97 Å². The lowest BCUT2D eigenvalue weighted by atomic mass is 10.1. The predicted molar refractivity (Wildman–Crippen MR) is 53.8 cm³/mol. The normalized spacial score (nSPS) is 11.2. The van der Waals surface area contributed by atoms with Crippen LogP contribution in [-0.2, 0) is 14.8 Å². The Labute approximate surface area is 92.1 Å². The van der Waals surface area contributed by atoms with Crippen LogP contribution in [0.4, 0.5) is 4.39 Å². The van der Waals surface area contributed by atoms with Gasteiger partial charge in [0, 0.05) is 0 Å². The topological polar surface area (TPSA) is 86.5 Å². The maximum absolute atomic E-state index is 13.3. The minimum absolute atomic E-state index is 0.132. The van der Waals surface area contributed by atoms with Gasteiger partial charge in [-0.25, -0.2) is 22.7 Å². The molecule has 0 saturated carbocycles. The number of rotatable bonds is 2. The number of nitrogens with two attached hydrogens (primary N) is 1. The average Bonchev–Trinajstić information content (AvgIpc) is 2.14. The van der Waals surface area contributed by atoms with E-state index in [1.807, 2.05) is 0 Å². The van der Waals surface area contributed by atoms with Crippen LogP contribution in [0.1, 0.15) is 15.9 Å². The Hall–Kier alpha value is -1.47. The minimum atomic E-state index is -3.99. The van der Waals surface area contributed by atoms with Crippen molar-refractivity contribution in [2.75, 3.05) is 7.11 Å². The van der Waals surface area contributed by atoms with Crippen molar-refractivity contribution in [2.45, 2.75) is 11.8 Å². The average molecular weight is 247 g/mol. The summed E-state index contributed by atoms with van der Waals surface area (Å²) in [4.78, 5) is 10.8. The molecular formula is C9H10FNO4S. The first kappa shape index (κ1) is 12.6. The molecule has 1 aromatic carbocycles. The predicted octanol–water partition coefficient (Wildman–Crippen LogP) is 0.568. The van der Waals surface area contributed by atoms with Crippen LogP contribution in [0.15, 0.2) is 17.0 Å². The molecule has 88 valence electrons. The highest BCUT2D eigenvalue weighted by atomic mass is 32.2. The number of ether oxygens (including phenoxy) is 1. The van der Waals surface area contributed by atoms with E-state index in [9.17, 15) is 17.6 Å². The molecule has 0 saturated heterocycles. The van der Waals surface area contributed by atoms with Gasteiger partial charge in [0.1, 0.15) is 5.82 Å².